The van der Waals surface area contributed by atoms with Crippen molar-refractivity contribution in [1.29, 1.82) is 0 Å². The standard InChI is InChI=1S/C16H18BrNO3S/c1-10(2)9-13(16(19)20)21-14(15-18-7-8-22-15)11-3-5-12(17)6-4-11/h3-8,10,13-14H,9H2,1-2H3,(H,19,20). The molecule has 0 aliphatic heterocycles. The summed E-state index contributed by atoms with van der Waals surface area (Å²) in [6.45, 7) is 3.97. The van der Waals surface area contributed by atoms with Crippen LogP contribution in [-0.4, -0.2) is 22.2 Å². The minimum atomic E-state index is -0.938. The quantitative estimate of drug-likeness (QED) is 0.763. The molecule has 6 heteroatoms. The lowest BCUT2D eigenvalue weighted by molar-refractivity contribution is -0.154. The summed E-state index contributed by atoms with van der Waals surface area (Å²) in [5.41, 5.74) is 0.896. The van der Waals surface area contributed by atoms with Gasteiger partial charge in [0, 0.05) is 16.0 Å². The maximum atomic E-state index is 11.5. The summed E-state index contributed by atoms with van der Waals surface area (Å²) in [4.78, 5) is 15.8. The Bertz CT molecular complexity index is 598. The van der Waals surface area contributed by atoms with Crippen molar-refractivity contribution in [1.82, 2.24) is 4.98 Å². The molecule has 0 saturated heterocycles. The predicted octanol–water partition coefficient (Wildman–Crippen LogP) is 4.51. The molecule has 1 aromatic heterocycles. The molecule has 0 amide bonds. The molecule has 22 heavy (non-hydrogen) atoms. The molecular weight excluding hydrogens is 366 g/mol. The van der Waals surface area contributed by atoms with Crippen molar-refractivity contribution in [3.05, 3.63) is 50.9 Å². The predicted molar refractivity (Wildman–Crippen MR) is 90.1 cm³/mol. The van der Waals surface area contributed by atoms with Gasteiger partial charge in [0.2, 0.25) is 0 Å². The SMILES string of the molecule is CC(C)CC(OC(c1ccc(Br)cc1)c1nccs1)C(=O)O. The molecule has 1 aromatic carbocycles. The van der Waals surface area contributed by atoms with Crippen molar-refractivity contribution >= 4 is 33.2 Å². The van der Waals surface area contributed by atoms with Crippen molar-refractivity contribution in [3.8, 4) is 0 Å². The highest BCUT2D eigenvalue weighted by molar-refractivity contribution is 9.10. The largest absolute Gasteiger partial charge is 0.479 e. The fourth-order valence-corrected chi connectivity index (χ4v) is 3.05. The zero-order valence-corrected chi connectivity index (χ0v) is 14.8. The Kier molecular flexibility index (Phi) is 6.11. The Morgan fingerprint density at radius 2 is 2.05 bits per heavy atom. The molecule has 1 N–H and O–H groups in total. The number of aliphatic carboxylic acids is 1. The zero-order chi connectivity index (χ0) is 16.1. The normalized spacial score (nSPS) is 14.0. The topological polar surface area (TPSA) is 59.4 Å². The van der Waals surface area contributed by atoms with E-state index in [2.05, 4.69) is 20.9 Å². The average Bonchev–Trinajstić information content (AvgIpc) is 2.98. The second-order valence-electron chi connectivity index (χ2n) is 5.39. The summed E-state index contributed by atoms with van der Waals surface area (Å²) in [6.07, 6.45) is 0.853. The first kappa shape index (κ1) is 17.1. The second-order valence-corrected chi connectivity index (χ2v) is 7.24. The number of rotatable bonds is 7. The zero-order valence-electron chi connectivity index (χ0n) is 12.4. The number of thiazole rings is 1. The number of carboxylic acids is 1. The van der Waals surface area contributed by atoms with Crippen LogP contribution < -0.4 is 0 Å². The molecule has 0 fully saturated rings. The van der Waals surface area contributed by atoms with E-state index in [9.17, 15) is 9.90 Å². The lowest BCUT2D eigenvalue weighted by Gasteiger charge is -2.22. The van der Waals surface area contributed by atoms with Crippen molar-refractivity contribution in [3.63, 3.8) is 0 Å². The van der Waals surface area contributed by atoms with E-state index in [0.717, 1.165) is 15.0 Å². The van der Waals surface area contributed by atoms with Gasteiger partial charge in [-0.05, 0) is 30.0 Å². The van der Waals surface area contributed by atoms with Crippen LogP contribution in [0.1, 0.15) is 36.9 Å². The van der Waals surface area contributed by atoms with Gasteiger partial charge in [-0.25, -0.2) is 9.78 Å². The molecule has 118 valence electrons. The summed E-state index contributed by atoms with van der Waals surface area (Å²) in [5, 5.41) is 12.0. The number of carboxylic acid groups (broad SMARTS) is 1. The first-order valence-corrected chi connectivity index (χ1v) is 8.67. The lowest BCUT2D eigenvalue weighted by atomic mass is 10.0. The van der Waals surface area contributed by atoms with Gasteiger partial charge in [0.05, 0.1) is 0 Å². The Labute approximate surface area is 142 Å². The molecule has 2 rings (SSSR count). The summed E-state index contributed by atoms with van der Waals surface area (Å²) < 4.78 is 6.89. The van der Waals surface area contributed by atoms with Gasteiger partial charge < -0.3 is 9.84 Å². The molecule has 0 spiro atoms. The van der Waals surface area contributed by atoms with Crippen LogP contribution in [0, 0.1) is 5.92 Å². The number of aromatic nitrogens is 1. The summed E-state index contributed by atoms with van der Waals surface area (Å²) in [7, 11) is 0. The van der Waals surface area contributed by atoms with Gasteiger partial charge in [0.1, 0.15) is 11.1 Å². The van der Waals surface area contributed by atoms with Gasteiger partial charge in [-0.1, -0.05) is 41.9 Å². The number of benzene rings is 1. The van der Waals surface area contributed by atoms with Crippen molar-refractivity contribution in [2.45, 2.75) is 32.5 Å². The van der Waals surface area contributed by atoms with Crippen LogP contribution in [0.4, 0.5) is 0 Å². The van der Waals surface area contributed by atoms with Gasteiger partial charge in [-0.2, -0.15) is 0 Å². The van der Waals surface area contributed by atoms with E-state index in [0.29, 0.717) is 6.42 Å². The van der Waals surface area contributed by atoms with E-state index < -0.39 is 18.2 Å². The highest BCUT2D eigenvalue weighted by Gasteiger charge is 2.27. The van der Waals surface area contributed by atoms with E-state index in [1.54, 1.807) is 6.20 Å². The highest BCUT2D eigenvalue weighted by atomic mass is 79.9. The van der Waals surface area contributed by atoms with Crippen LogP contribution in [0.15, 0.2) is 40.3 Å². The van der Waals surface area contributed by atoms with Crippen molar-refractivity contribution in [2.75, 3.05) is 0 Å². The molecule has 2 aromatic rings. The Hall–Kier alpha value is -1.24. The van der Waals surface area contributed by atoms with E-state index in [-0.39, 0.29) is 5.92 Å². The van der Waals surface area contributed by atoms with E-state index in [4.69, 9.17) is 4.74 Å². The molecule has 2 atom stereocenters. The monoisotopic (exact) mass is 383 g/mol. The number of hydrogen-bond donors (Lipinski definition) is 1. The van der Waals surface area contributed by atoms with Crippen LogP contribution in [0.25, 0.3) is 0 Å². The van der Waals surface area contributed by atoms with E-state index >= 15 is 0 Å². The summed E-state index contributed by atoms with van der Waals surface area (Å²) in [6, 6.07) is 7.67. The number of ether oxygens (including phenoxy) is 1. The van der Waals surface area contributed by atoms with Crippen molar-refractivity contribution in [2.24, 2.45) is 5.92 Å². The maximum Gasteiger partial charge on any atom is 0.332 e. The maximum absolute atomic E-state index is 11.5. The molecular formula is C16H18BrNO3S. The van der Waals surface area contributed by atoms with Crippen molar-refractivity contribution < 1.29 is 14.6 Å². The molecule has 0 aliphatic rings. The number of nitrogens with zero attached hydrogens (tertiary/aromatic N) is 1. The van der Waals surface area contributed by atoms with Gasteiger partial charge in [-0.15, -0.1) is 11.3 Å². The first-order valence-electron chi connectivity index (χ1n) is 7.00. The lowest BCUT2D eigenvalue weighted by Crippen LogP contribution is -2.28. The Morgan fingerprint density at radius 1 is 1.36 bits per heavy atom. The molecule has 0 aliphatic carbocycles. The van der Waals surface area contributed by atoms with Crippen LogP contribution in [-0.2, 0) is 9.53 Å². The van der Waals surface area contributed by atoms with Crippen LogP contribution in [0.2, 0.25) is 0 Å². The van der Waals surface area contributed by atoms with Gasteiger partial charge in [0.25, 0.3) is 0 Å². The summed E-state index contributed by atoms with van der Waals surface area (Å²) >= 11 is 4.86. The Morgan fingerprint density at radius 3 is 2.55 bits per heavy atom. The minimum Gasteiger partial charge on any atom is -0.479 e. The molecule has 1 heterocycles. The third-order valence-corrected chi connectivity index (χ3v) is 4.46. The van der Waals surface area contributed by atoms with E-state index in [1.165, 1.54) is 11.3 Å². The van der Waals surface area contributed by atoms with Crippen LogP contribution >= 0.6 is 27.3 Å². The van der Waals surface area contributed by atoms with Crippen LogP contribution in [0.5, 0.6) is 0 Å². The molecule has 0 bridgehead atoms. The van der Waals surface area contributed by atoms with Gasteiger partial charge in [0.15, 0.2) is 6.10 Å². The number of halogens is 1. The minimum absolute atomic E-state index is 0.239. The molecule has 4 nitrogen and oxygen atoms in total. The average molecular weight is 384 g/mol. The second kappa shape index (κ2) is 7.85. The van der Waals surface area contributed by atoms with E-state index in [1.807, 2.05) is 43.5 Å². The number of hydrogen-bond acceptors (Lipinski definition) is 4. The smallest absolute Gasteiger partial charge is 0.332 e. The number of carbonyl (C=O) groups is 1. The summed E-state index contributed by atoms with van der Waals surface area (Å²) in [5.74, 6) is -0.699. The van der Waals surface area contributed by atoms with Gasteiger partial charge >= 0.3 is 5.97 Å². The fourth-order valence-electron chi connectivity index (χ4n) is 2.09. The van der Waals surface area contributed by atoms with Gasteiger partial charge in [-0.3, -0.25) is 0 Å². The highest BCUT2D eigenvalue weighted by Crippen LogP contribution is 2.31. The first-order chi connectivity index (χ1) is 10.5. The molecule has 2 unspecified atom stereocenters. The third kappa shape index (κ3) is 4.63. The Balaban J connectivity index is 2.28. The fraction of sp³-hybridized carbons (Fsp3) is 0.375. The molecule has 0 radical (unpaired) electrons. The molecule has 0 saturated carbocycles. The van der Waals surface area contributed by atoms with Crippen LogP contribution in [0.3, 0.4) is 0 Å². The third-order valence-electron chi connectivity index (χ3n) is 3.11.